The van der Waals surface area contributed by atoms with Crippen molar-refractivity contribution in [2.45, 2.75) is 53.8 Å². The molecule has 156 valence electrons. The van der Waals surface area contributed by atoms with E-state index in [4.69, 9.17) is 4.74 Å². The Kier molecular flexibility index (Phi) is 10.6. The van der Waals surface area contributed by atoms with Crippen molar-refractivity contribution in [1.29, 1.82) is 0 Å². The zero-order valence-electron chi connectivity index (χ0n) is 18.3. The van der Waals surface area contributed by atoms with Gasteiger partial charge in [-0.1, -0.05) is 60.4 Å². The molecule has 0 aliphatic rings. The van der Waals surface area contributed by atoms with Gasteiger partial charge >= 0.3 is 0 Å². The molecule has 2 aromatic carbocycles. The fourth-order valence-electron chi connectivity index (χ4n) is 2.67. The average Bonchev–Trinajstić information content (AvgIpc) is 2.65. The van der Waals surface area contributed by atoms with E-state index in [-0.39, 0.29) is 17.8 Å². The molecule has 3 heteroatoms. The highest BCUT2D eigenvalue weighted by Crippen LogP contribution is 2.17. The molecule has 0 heterocycles. The Labute approximate surface area is 183 Å². The summed E-state index contributed by atoms with van der Waals surface area (Å²) in [5, 5.41) is 0. The molecule has 0 N–H and O–H groups in total. The molecule has 0 aliphatic heterocycles. The smallest absolute Gasteiger partial charge is 0.120 e. The number of hydrogen-bond donors (Lipinski definition) is 0. The first-order chi connectivity index (χ1) is 13.3. The van der Waals surface area contributed by atoms with E-state index in [1.165, 1.54) is 11.1 Å². The summed E-state index contributed by atoms with van der Waals surface area (Å²) in [6, 6.07) is 19.1. The minimum absolute atomic E-state index is 0. The van der Waals surface area contributed by atoms with Crippen LogP contribution < -0.4 is 4.74 Å². The van der Waals surface area contributed by atoms with Gasteiger partial charge in [-0.25, -0.2) is 0 Å². The van der Waals surface area contributed by atoms with Gasteiger partial charge in [-0.15, -0.1) is 12.4 Å². The van der Waals surface area contributed by atoms with E-state index >= 15 is 0 Å². The van der Waals surface area contributed by atoms with Crippen LogP contribution in [0.25, 0.3) is 0 Å². The zero-order valence-corrected chi connectivity index (χ0v) is 19.1. The summed E-state index contributed by atoms with van der Waals surface area (Å²) in [5.41, 5.74) is 2.48. The SMILES string of the molecule is CC(C)N(CC=CC#CC(C)(C)C)Cc1cccc(OCc2ccccc2)c1.Cl. The highest BCUT2D eigenvalue weighted by molar-refractivity contribution is 5.85. The molecule has 0 saturated heterocycles. The Hall–Kier alpha value is -2.21. The second-order valence-corrected chi connectivity index (χ2v) is 8.37. The number of allylic oxidation sites excluding steroid dienone is 1. The summed E-state index contributed by atoms with van der Waals surface area (Å²) < 4.78 is 5.97. The van der Waals surface area contributed by atoms with Crippen LogP contribution in [0.4, 0.5) is 0 Å². The third-order valence-corrected chi connectivity index (χ3v) is 4.25. The van der Waals surface area contributed by atoms with Crippen molar-refractivity contribution in [3.05, 3.63) is 77.9 Å². The zero-order chi connectivity index (χ0) is 20.4. The lowest BCUT2D eigenvalue weighted by Crippen LogP contribution is -2.30. The summed E-state index contributed by atoms with van der Waals surface area (Å²) in [6.45, 7) is 13.2. The van der Waals surface area contributed by atoms with Crippen molar-refractivity contribution >= 4 is 12.4 Å². The summed E-state index contributed by atoms with van der Waals surface area (Å²) >= 11 is 0. The molecule has 0 atom stereocenters. The molecule has 0 spiro atoms. The van der Waals surface area contributed by atoms with Gasteiger partial charge in [0.05, 0.1) is 0 Å². The summed E-state index contributed by atoms with van der Waals surface area (Å²) in [7, 11) is 0. The van der Waals surface area contributed by atoms with Crippen molar-refractivity contribution in [3.63, 3.8) is 0 Å². The van der Waals surface area contributed by atoms with Crippen molar-refractivity contribution in [3.8, 4) is 17.6 Å². The molecule has 2 nitrogen and oxygen atoms in total. The maximum atomic E-state index is 5.97. The number of ether oxygens (including phenoxy) is 1. The van der Waals surface area contributed by atoms with E-state index in [1.807, 2.05) is 30.3 Å². The first kappa shape index (κ1) is 24.8. The van der Waals surface area contributed by atoms with Crippen LogP contribution in [0.2, 0.25) is 0 Å². The maximum Gasteiger partial charge on any atom is 0.120 e. The lowest BCUT2D eigenvalue weighted by Gasteiger charge is -2.25. The molecule has 0 saturated carbocycles. The number of hydrogen-bond acceptors (Lipinski definition) is 2. The Morgan fingerprint density at radius 3 is 2.34 bits per heavy atom. The maximum absolute atomic E-state index is 5.97. The molecular weight excluding hydrogens is 378 g/mol. The van der Waals surface area contributed by atoms with Gasteiger partial charge in [-0.2, -0.15) is 0 Å². The fourth-order valence-corrected chi connectivity index (χ4v) is 2.67. The van der Waals surface area contributed by atoms with Crippen LogP contribution in [0.1, 0.15) is 45.7 Å². The molecule has 0 radical (unpaired) electrons. The monoisotopic (exact) mass is 411 g/mol. The van der Waals surface area contributed by atoms with Gasteiger partial charge in [-0.3, -0.25) is 4.90 Å². The Morgan fingerprint density at radius 2 is 1.69 bits per heavy atom. The Balaban J connectivity index is 0.00000420. The van der Waals surface area contributed by atoms with Crippen LogP contribution in [0.3, 0.4) is 0 Å². The van der Waals surface area contributed by atoms with Crippen molar-refractivity contribution < 1.29 is 4.74 Å². The second-order valence-electron chi connectivity index (χ2n) is 8.37. The van der Waals surface area contributed by atoms with Crippen LogP contribution in [0.5, 0.6) is 5.75 Å². The first-order valence-electron chi connectivity index (χ1n) is 10.0. The average molecular weight is 412 g/mol. The predicted molar refractivity (Wildman–Crippen MR) is 126 cm³/mol. The van der Waals surface area contributed by atoms with E-state index in [1.54, 1.807) is 0 Å². The lowest BCUT2D eigenvalue weighted by atomic mass is 9.98. The van der Waals surface area contributed by atoms with Gasteiger partial charge in [0.2, 0.25) is 0 Å². The number of rotatable bonds is 8. The molecule has 0 unspecified atom stereocenters. The van der Waals surface area contributed by atoms with Gasteiger partial charge in [-0.05, 0) is 64.0 Å². The van der Waals surface area contributed by atoms with Crippen LogP contribution in [-0.2, 0) is 13.2 Å². The molecule has 29 heavy (non-hydrogen) atoms. The summed E-state index contributed by atoms with van der Waals surface area (Å²) in [6.07, 6.45) is 4.12. The van der Waals surface area contributed by atoms with E-state index in [2.05, 4.69) is 87.8 Å². The molecule has 0 bridgehead atoms. The highest BCUT2D eigenvalue weighted by Gasteiger charge is 2.09. The Bertz CT molecular complexity index is 810. The van der Waals surface area contributed by atoms with Gasteiger partial charge in [0.25, 0.3) is 0 Å². The predicted octanol–water partition coefficient (Wildman–Crippen LogP) is 6.50. The second kappa shape index (κ2) is 12.4. The molecule has 2 aromatic rings. The summed E-state index contributed by atoms with van der Waals surface area (Å²) in [5.74, 6) is 7.30. The van der Waals surface area contributed by atoms with Crippen LogP contribution in [-0.4, -0.2) is 17.5 Å². The quantitative estimate of drug-likeness (QED) is 0.459. The standard InChI is InChI=1S/C26H33NO.ClH/c1-22(2)27(18-11-7-10-17-26(3,4)5)20-24-15-12-16-25(19-24)28-21-23-13-8-6-9-14-23;/h6-9,11-16,19,22H,18,20-21H2,1-5H3;1H. The largest absolute Gasteiger partial charge is 0.489 e. The molecule has 0 fully saturated rings. The van der Waals surface area contributed by atoms with Gasteiger partial charge in [0.1, 0.15) is 12.4 Å². The van der Waals surface area contributed by atoms with E-state index < -0.39 is 0 Å². The van der Waals surface area contributed by atoms with Crippen LogP contribution in [0.15, 0.2) is 66.7 Å². The molecule has 2 rings (SSSR count). The van der Waals surface area contributed by atoms with Crippen molar-refractivity contribution in [2.24, 2.45) is 5.41 Å². The number of benzene rings is 2. The molecule has 0 aliphatic carbocycles. The van der Waals surface area contributed by atoms with Crippen LogP contribution in [0, 0.1) is 17.3 Å². The van der Waals surface area contributed by atoms with Crippen molar-refractivity contribution in [2.75, 3.05) is 6.54 Å². The van der Waals surface area contributed by atoms with Crippen molar-refractivity contribution in [1.82, 2.24) is 4.90 Å². The van der Waals surface area contributed by atoms with Crippen LogP contribution >= 0.6 is 12.4 Å². The van der Waals surface area contributed by atoms with E-state index in [9.17, 15) is 0 Å². The van der Waals surface area contributed by atoms with E-state index in [0.29, 0.717) is 12.6 Å². The Morgan fingerprint density at radius 1 is 1.00 bits per heavy atom. The molecule has 0 amide bonds. The highest BCUT2D eigenvalue weighted by atomic mass is 35.5. The summed E-state index contributed by atoms with van der Waals surface area (Å²) in [4.78, 5) is 2.42. The topological polar surface area (TPSA) is 12.5 Å². The van der Waals surface area contributed by atoms with Gasteiger partial charge in [0, 0.05) is 24.5 Å². The van der Waals surface area contributed by atoms with Gasteiger partial charge in [0.15, 0.2) is 0 Å². The number of nitrogens with zero attached hydrogens (tertiary/aromatic N) is 1. The first-order valence-corrected chi connectivity index (χ1v) is 10.0. The molecule has 0 aromatic heterocycles. The lowest BCUT2D eigenvalue weighted by molar-refractivity contribution is 0.236. The van der Waals surface area contributed by atoms with E-state index in [0.717, 1.165) is 18.8 Å². The minimum Gasteiger partial charge on any atom is -0.489 e. The minimum atomic E-state index is 0. The fraction of sp³-hybridized carbons (Fsp3) is 0.385. The third-order valence-electron chi connectivity index (χ3n) is 4.25. The third kappa shape index (κ3) is 10.2. The molecular formula is C26H34ClNO. The van der Waals surface area contributed by atoms with Gasteiger partial charge < -0.3 is 4.74 Å². The number of halogens is 1. The normalized spacial score (nSPS) is 11.3.